The van der Waals surface area contributed by atoms with Crippen molar-refractivity contribution in [3.8, 4) is 73.2 Å². The van der Waals surface area contributed by atoms with Crippen molar-refractivity contribution in [2.75, 3.05) is 0 Å². The highest BCUT2D eigenvalue weighted by atomic mass is 15.0. The second kappa shape index (κ2) is 15.3. The van der Waals surface area contributed by atoms with E-state index in [9.17, 15) is 0 Å². The maximum absolute atomic E-state index is 5.34. The third kappa shape index (κ3) is 6.40. The first kappa shape index (κ1) is 38.9. The highest BCUT2D eigenvalue weighted by molar-refractivity contribution is 6.09. The van der Waals surface area contributed by atoms with E-state index in [0.717, 1.165) is 45.1 Å². The van der Waals surface area contributed by atoms with Crippen LogP contribution < -0.4 is 0 Å². The van der Waals surface area contributed by atoms with E-state index in [1.54, 1.807) is 0 Å². The lowest BCUT2D eigenvalue weighted by Gasteiger charge is -2.22. The van der Waals surface area contributed by atoms with Crippen molar-refractivity contribution in [1.29, 1.82) is 0 Å². The van der Waals surface area contributed by atoms with Gasteiger partial charge < -0.3 is 4.57 Å². The van der Waals surface area contributed by atoms with Gasteiger partial charge in [-0.05, 0) is 121 Å². The third-order valence-electron chi connectivity index (χ3n) is 14.1. The van der Waals surface area contributed by atoms with Crippen LogP contribution in [-0.4, -0.2) is 19.5 Å². The summed E-state index contributed by atoms with van der Waals surface area (Å²) < 4.78 is 2.36. The van der Waals surface area contributed by atoms with E-state index in [2.05, 4.69) is 237 Å². The molecular formula is C63H44N4. The smallest absolute Gasteiger partial charge is 0.164 e. The molecule has 316 valence electrons. The monoisotopic (exact) mass is 856 g/mol. The number of hydrogen-bond acceptors (Lipinski definition) is 3. The molecule has 9 aromatic carbocycles. The minimum Gasteiger partial charge on any atom is -0.309 e. The number of aromatic nitrogens is 4. The number of hydrogen-bond donors (Lipinski definition) is 0. The zero-order chi connectivity index (χ0) is 44.6. The van der Waals surface area contributed by atoms with Crippen LogP contribution >= 0.6 is 0 Å². The molecular weight excluding hydrogens is 813 g/mol. The first-order valence-corrected chi connectivity index (χ1v) is 23.2. The Morgan fingerprint density at radius 1 is 0.388 bits per heavy atom. The van der Waals surface area contributed by atoms with E-state index < -0.39 is 0 Å². The molecule has 2 aromatic heterocycles. The van der Waals surface area contributed by atoms with Crippen LogP contribution in [0.3, 0.4) is 0 Å². The summed E-state index contributed by atoms with van der Waals surface area (Å²) in [5.74, 6) is 1.95. The van der Waals surface area contributed by atoms with Gasteiger partial charge in [-0.15, -0.1) is 0 Å². The first-order chi connectivity index (χ1) is 33.0. The third-order valence-corrected chi connectivity index (χ3v) is 14.1. The SMILES string of the molecule is CC1(C)c2ccccc2-c2ccc(-c3nc(-c4ccc5cc(-c6ccc(-n7c8ccccc8c8ccccc87)cc6)ccc5c4)nc(-c4ccc(-c5ccccc5)c5c4C=CCC=C5)n3)cc21. The molecule has 0 spiro atoms. The van der Waals surface area contributed by atoms with Gasteiger partial charge in [0.25, 0.3) is 0 Å². The van der Waals surface area contributed by atoms with E-state index in [1.807, 2.05) is 0 Å². The number of fused-ring (bicyclic) bond motifs is 8. The second-order valence-electron chi connectivity index (χ2n) is 18.3. The van der Waals surface area contributed by atoms with Crippen LogP contribution in [0.1, 0.15) is 42.5 Å². The predicted octanol–water partition coefficient (Wildman–Crippen LogP) is 16.2. The molecule has 0 saturated carbocycles. The summed E-state index contributed by atoms with van der Waals surface area (Å²) in [5, 5.41) is 4.81. The van der Waals surface area contributed by atoms with Gasteiger partial charge in [0.15, 0.2) is 17.5 Å². The minimum atomic E-state index is -0.159. The minimum absolute atomic E-state index is 0.159. The molecule has 0 bridgehead atoms. The predicted molar refractivity (Wildman–Crippen MR) is 279 cm³/mol. The Kier molecular flexibility index (Phi) is 8.91. The van der Waals surface area contributed by atoms with Gasteiger partial charge in [0.2, 0.25) is 0 Å². The average molecular weight is 857 g/mol. The van der Waals surface area contributed by atoms with Crippen molar-refractivity contribution < 1.29 is 0 Å². The van der Waals surface area contributed by atoms with Crippen LogP contribution in [0.25, 0.3) is 118 Å². The molecule has 0 fully saturated rings. The summed E-state index contributed by atoms with van der Waals surface area (Å²) in [6.07, 6.45) is 9.80. The molecule has 67 heavy (non-hydrogen) atoms. The molecule has 4 heteroatoms. The van der Waals surface area contributed by atoms with Crippen LogP contribution in [0.15, 0.2) is 206 Å². The van der Waals surface area contributed by atoms with Crippen molar-refractivity contribution in [2.24, 2.45) is 0 Å². The zero-order valence-corrected chi connectivity index (χ0v) is 37.3. The fourth-order valence-electron chi connectivity index (χ4n) is 10.7. The van der Waals surface area contributed by atoms with E-state index in [-0.39, 0.29) is 5.41 Å². The fourth-order valence-corrected chi connectivity index (χ4v) is 10.7. The molecule has 0 saturated heterocycles. The van der Waals surface area contributed by atoms with E-state index in [4.69, 9.17) is 15.0 Å². The van der Waals surface area contributed by atoms with Gasteiger partial charge in [-0.25, -0.2) is 15.0 Å². The highest BCUT2D eigenvalue weighted by Gasteiger charge is 2.35. The fraction of sp³-hybridized carbons (Fsp3) is 0.0635. The van der Waals surface area contributed by atoms with Gasteiger partial charge in [0.05, 0.1) is 11.0 Å². The van der Waals surface area contributed by atoms with E-state index in [1.165, 1.54) is 71.9 Å². The summed E-state index contributed by atoms with van der Waals surface area (Å²) in [5.41, 5.74) is 18.5. The molecule has 2 heterocycles. The number of allylic oxidation sites excluding steroid dienone is 2. The molecule has 0 N–H and O–H groups in total. The highest BCUT2D eigenvalue weighted by Crippen LogP contribution is 2.49. The summed E-state index contributed by atoms with van der Waals surface area (Å²) >= 11 is 0. The van der Waals surface area contributed by atoms with Gasteiger partial charge in [-0.3, -0.25) is 0 Å². The van der Waals surface area contributed by atoms with Crippen LogP contribution in [0.4, 0.5) is 0 Å². The van der Waals surface area contributed by atoms with Gasteiger partial charge in [0.1, 0.15) is 0 Å². The number of para-hydroxylation sites is 2. The standard InChI is InChI=1S/C63H44N4/c1-63(2)56-22-12-9-19-51(56)52-34-31-46(39-57(52)63)61-64-60(65-62(66-61)55-36-35-48(41-15-5-3-6-16-41)49-17-7-4-8-18-50(49)55)45-28-27-43-37-42(25-26-44(43)38-45)40-29-32-47(33-30-40)67-58-23-13-10-20-53(58)54-21-11-14-24-59(54)67/h3,5-39H,4H2,1-2H3. The Morgan fingerprint density at radius 2 is 0.910 bits per heavy atom. The molecule has 0 unspecified atom stereocenters. The Morgan fingerprint density at radius 3 is 1.64 bits per heavy atom. The molecule has 0 atom stereocenters. The van der Waals surface area contributed by atoms with Crippen LogP contribution in [0, 0.1) is 0 Å². The van der Waals surface area contributed by atoms with E-state index in [0.29, 0.717) is 17.5 Å². The number of nitrogens with zero attached hydrogens (tertiary/aromatic N) is 4. The Balaban J connectivity index is 0.911. The molecule has 4 nitrogen and oxygen atoms in total. The number of rotatable bonds is 6. The lowest BCUT2D eigenvalue weighted by molar-refractivity contribution is 0.660. The average Bonchev–Trinajstić information content (AvgIpc) is 3.68. The van der Waals surface area contributed by atoms with Gasteiger partial charge >= 0.3 is 0 Å². The van der Waals surface area contributed by atoms with Crippen molar-refractivity contribution >= 4 is 44.7 Å². The Labute approximate surface area is 389 Å². The molecule has 13 rings (SSSR count). The summed E-state index contributed by atoms with van der Waals surface area (Å²) in [7, 11) is 0. The van der Waals surface area contributed by atoms with Crippen LogP contribution in [-0.2, 0) is 5.41 Å². The van der Waals surface area contributed by atoms with Crippen molar-refractivity contribution in [2.45, 2.75) is 25.7 Å². The second-order valence-corrected chi connectivity index (χ2v) is 18.3. The lowest BCUT2D eigenvalue weighted by atomic mass is 9.82. The molecule has 0 aliphatic heterocycles. The van der Waals surface area contributed by atoms with Gasteiger partial charge in [-0.2, -0.15) is 0 Å². The van der Waals surface area contributed by atoms with E-state index >= 15 is 0 Å². The molecule has 0 amide bonds. The zero-order valence-electron chi connectivity index (χ0n) is 37.3. The molecule has 0 radical (unpaired) electrons. The van der Waals surface area contributed by atoms with Crippen molar-refractivity contribution in [3.05, 3.63) is 229 Å². The van der Waals surface area contributed by atoms with Crippen LogP contribution in [0.5, 0.6) is 0 Å². The largest absolute Gasteiger partial charge is 0.309 e. The maximum Gasteiger partial charge on any atom is 0.164 e. The lowest BCUT2D eigenvalue weighted by Crippen LogP contribution is -2.15. The maximum atomic E-state index is 5.34. The van der Waals surface area contributed by atoms with Gasteiger partial charge in [-0.1, -0.05) is 184 Å². The first-order valence-electron chi connectivity index (χ1n) is 23.2. The topological polar surface area (TPSA) is 43.6 Å². The number of benzene rings is 9. The van der Waals surface area contributed by atoms with Crippen molar-refractivity contribution in [1.82, 2.24) is 19.5 Å². The Hall–Kier alpha value is -8.47. The van der Waals surface area contributed by atoms with Crippen molar-refractivity contribution in [3.63, 3.8) is 0 Å². The summed E-state index contributed by atoms with van der Waals surface area (Å²) in [4.78, 5) is 16.0. The Bertz CT molecular complexity index is 3800. The summed E-state index contributed by atoms with van der Waals surface area (Å²) in [6.45, 7) is 4.63. The summed E-state index contributed by atoms with van der Waals surface area (Å²) in [6, 6.07) is 70.1. The van der Waals surface area contributed by atoms with Crippen LogP contribution in [0.2, 0.25) is 0 Å². The molecule has 2 aliphatic rings. The molecule has 11 aromatic rings. The molecule has 2 aliphatic carbocycles. The normalized spacial score (nSPS) is 13.5. The van der Waals surface area contributed by atoms with Gasteiger partial charge in [0, 0.05) is 38.6 Å². The quantitative estimate of drug-likeness (QED) is 0.167.